The Labute approximate surface area is 101 Å². The van der Waals surface area contributed by atoms with E-state index in [1.54, 1.807) is 6.92 Å². The monoisotopic (exact) mass is 227 g/mol. The highest BCUT2D eigenvalue weighted by molar-refractivity contribution is 5.83. The first kappa shape index (κ1) is 11.8. The molecule has 2 rings (SSSR count). The predicted molar refractivity (Wildman–Crippen MR) is 70.8 cm³/mol. The summed E-state index contributed by atoms with van der Waals surface area (Å²) in [7, 11) is 0. The van der Waals surface area contributed by atoms with Crippen LogP contribution in [0.3, 0.4) is 0 Å². The maximum atomic E-state index is 10.9. The molecule has 0 aliphatic heterocycles. The Morgan fingerprint density at radius 2 is 1.88 bits per heavy atom. The fourth-order valence-corrected chi connectivity index (χ4v) is 1.96. The van der Waals surface area contributed by atoms with E-state index in [4.69, 9.17) is 5.73 Å². The maximum Gasteiger partial charge on any atom is 0.129 e. The van der Waals surface area contributed by atoms with Gasteiger partial charge in [0.05, 0.1) is 0 Å². The third-order valence-electron chi connectivity index (χ3n) is 3.01. The normalized spacial score (nSPS) is 12.6. The number of rotatable bonds is 4. The van der Waals surface area contributed by atoms with Crippen LogP contribution in [0.15, 0.2) is 42.5 Å². The molecular formula is C15H17NO. The molecule has 2 nitrogen and oxygen atoms in total. The first-order valence-electron chi connectivity index (χ1n) is 5.90. The summed E-state index contributed by atoms with van der Waals surface area (Å²) in [5.74, 6) is 0.196. The van der Waals surface area contributed by atoms with Crippen molar-refractivity contribution in [3.63, 3.8) is 0 Å². The van der Waals surface area contributed by atoms with Crippen molar-refractivity contribution in [1.29, 1.82) is 0 Å². The summed E-state index contributed by atoms with van der Waals surface area (Å²) in [6.45, 7) is 1.60. The van der Waals surface area contributed by atoms with E-state index >= 15 is 0 Å². The Kier molecular flexibility index (Phi) is 3.55. The van der Waals surface area contributed by atoms with Crippen LogP contribution in [0.5, 0.6) is 0 Å². The molecule has 2 aromatic rings. The molecule has 0 radical (unpaired) electrons. The van der Waals surface area contributed by atoms with Crippen LogP contribution < -0.4 is 5.73 Å². The van der Waals surface area contributed by atoms with Crippen LogP contribution >= 0.6 is 0 Å². The van der Waals surface area contributed by atoms with E-state index in [-0.39, 0.29) is 11.8 Å². The predicted octanol–water partition coefficient (Wildman–Crippen LogP) is 3.21. The molecule has 1 atom stereocenters. The summed E-state index contributed by atoms with van der Waals surface area (Å²) in [4.78, 5) is 10.9. The van der Waals surface area contributed by atoms with Crippen molar-refractivity contribution in [2.24, 2.45) is 5.73 Å². The Balaban J connectivity index is 2.20. The summed E-state index contributed by atoms with van der Waals surface area (Å²) >= 11 is 0. The summed E-state index contributed by atoms with van der Waals surface area (Å²) < 4.78 is 0. The highest BCUT2D eigenvalue weighted by atomic mass is 16.1. The Morgan fingerprint density at radius 3 is 2.59 bits per heavy atom. The SMILES string of the molecule is CC(=O)CCC(N)c1ccc2ccccc2c1. The van der Waals surface area contributed by atoms with Crippen LogP contribution in [0.1, 0.15) is 31.4 Å². The first-order valence-corrected chi connectivity index (χ1v) is 5.90. The van der Waals surface area contributed by atoms with Gasteiger partial charge in [0.15, 0.2) is 0 Å². The molecule has 0 amide bonds. The number of fused-ring (bicyclic) bond motifs is 1. The number of benzene rings is 2. The van der Waals surface area contributed by atoms with Gasteiger partial charge in [-0.1, -0.05) is 36.4 Å². The molecule has 2 N–H and O–H groups in total. The minimum atomic E-state index is -0.0523. The van der Waals surface area contributed by atoms with Crippen molar-refractivity contribution in [2.75, 3.05) is 0 Å². The van der Waals surface area contributed by atoms with E-state index in [9.17, 15) is 4.79 Å². The topological polar surface area (TPSA) is 43.1 Å². The lowest BCUT2D eigenvalue weighted by atomic mass is 9.99. The molecule has 0 aliphatic rings. The van der Waals surface area contributed by atoms with Crippen LogP contribution in [0.25, 0.3) is 10.8 Å². The van der Waals surface area contributed by atoms with Crippen molar-refractivity contribution in [2.45, 2.75) is 25.8 Å². The molecule has 2 heteroatoms. The van der Waals surface area contributed by atoms with Gasteiger partial charge in [-0.05, 0) is 35.7 Å². The Bertz CT molecular complexity index is 533. The van der Waals surface area contributed by atoms with Crippen LogP contribution in [0.4, 0.5) is 0 Å². The van der Waals surface area contributed by atoms with Crippen molar-refractivity contribution in [1.82, 2.24) is 0 Å². The second kappa shape index (κ2) is 5.11. The lowest BCUT2D eigenvalue weighted by Gasteiger charge is -2.11. The molecule has 17 heavy (non-hydrogen) atoms. The lowest BCUT2D eigenvalue weighted by molar-refractivity contribution is -0.117. The van der Waals surface area contributed by atoms with Crippen molar-refractivity contribution >= 4 is 16.6 Å². The van der Waals surface area contributed by atoms with Gasteiger partial charge in [-0.15, -0.1) is 0 Å². The van der Waals surface area contributed by atoms with Gasteiger partial charge in [-0.25, -0.2) is 0 Å². The molecule has 1 unspecified atom stereocenters. The summed E-state index contributed by atoms with van der Waals surface area (Å²) in [5, 5.41) is 2.42. The maximum absolute atomic E-state index is 10.9. The Morgan fingerprint density at radius 1 is 1.18 bits per heavy atom. The second-order valence-electron chi connectivity index (χ2n) is 4.45. The third-order valence-corrected chi connectivity index (χ3v) is 3.01. The highest BCUT2D eigenvalue weighted by Crippen LogP contribution is 2.21. The molecule has 0 saturated heterocycles. The van der Waals surface area contributed by atoms with Crippen LogP contribution in [-0.2, 0) is 4.79 Å². The van der Waals surface area contributed by atoms with E-state index in [1.807, 2.05) is 18.2 Å². The minimum Gasteiger partial charge on any atom is -0.324 e. The van der Waals surface area contributed by atoms with Gasteiger partial charge < -0.3 is 10.5 Å². The fourth-order valence-electron chi connectivity index (χ4n) is 1.96. The lowest BCUT2D eigenvalue weighted by Crippen LogP contribution is -2.11. The Hall–Kier alpha value is -1.67. The van der Waals surface area contributed by atoms with E-state index in [1.165, 1.54) is 10.8 Å². The number of ketones is 1. The minimum absolute atomic E-state index is 0.0523. The number of nitrogens with two attached hydrogens (primary N) is 1. The third kappa shape index (κ3) is 2.92. The van der Waals surface area contributed by atoms with Crippen molar-refractivity contribution in [3.8, 4) is 0 Å². The summed E-state index contributed by atoms with van der Waals surface area (Å²) in [5.41, 5.74) is 7.18. The van der Waals surface area contributed by atoms with E-state index in [0.717, 1.165) is 5.56 Å². The van der Waals surface area contributed by atoms with Gasteiger partial charge in [-0.2, -0.15) is 0 Å². The van der Waals surface area contributed by atoms with E-state index in [2.05, 4.69) is 24.3 Å². The number of carbonyl (C=O) groups excluding carboxylic acids is 1. The zero-order valence-electron chi connectivity index (χ0n) is 10.0. The van der Waals surface area contributed by atoms with Gasteiger partial charge >= 0.3 is 0 Å². The number of hydrogen-bond acceptors (Lipinski definition) is 2. The molecule has 0 bridgehead atoms. The van der Waals surface area contributed by atoms with Gasteiger partial charge in [0, 0.05) is 12.5 Å². The number of carbonyl (C=O) groups is 1. The molecule has 0 fully saturated rings. The first-order chi connectivity index (χ1) is 8.16. The van der Waals surface area contributed by atoms with Gasteiger partial charge in [-0.3, -0.25) is 0 Å². The average molecular weight is 227 g/mol. The number of Topliss-reactive ketones (excluding diaryl/α,β-unsaturated/α-hetero) is 1. The standard InChI is InChI=1S/C15H17NO/c1-11(17)6-9-15(16)14-8-7-12-4-2-3-5-13(12)10-14/h2-5,7-8,10,15H,6,9,16H2,1H3. The van der Waals surface area contributed by atoms with E-state index < -0.39 is 0 Å². The van der Waals surface area contributed by atoms with E-state index in [0.29, 0.717) is 12.8 Å². The zero-order valence-corrected chi connectivity index (χ0v) is 10.0. The van der Waals surface area contributed by atoms with Crippen molar-refractivity contribution < 1.29 is 4.79 Å². The van der Waals surface area contributed by atoms with Gasteiger partial charge in [0.25, 0.3) is 0 Å². The average Bonchev–Trinajstić information content (AvgIpc) is 2.35. The molecule has 0 saturated carbocycles. The van der Waals surface area contributed by atoms with Gasteiger partial charge in [0.2, 0.25) is 0 Å². The zero-order chi connectivity index (χ0) is 12.3. The molecule has 88 valence electrons. The highest BCUT2D eigenvalue weighted by Gasteiger charge is 2.07. The largest absolute Gasteiger partial charge is 0.324 e. The molecule has 0 spiro atoms. The quantitative estimate of drug-likeness (QED) is 0.871. The molecule has 0 heterocycles. The van der Waals surface area contributed by atoms with Gasteiger partial charge in [0.1, 0.15) is 5.78 Å². The number of hydrogen-bond donors (Lipinski definition) is 1. The second-order valence-corrected chi connectivity index (χ2v) is 4.45. The van der Waals surface area contributed by atoms with Crippen LogP contribution in [0, 0.1) is 0 Å². The van der Waals surface area contributed by atoms with Crippen molar-refractivity contribution in [3.05, 3.63) is 48.0 Å². The van der Waals surface area contributed by atoms with Crippen LogP contribution in [0.2, 0.25) is 0 Å². The fraction of sp³-hybridized carbons (Fsp3) is 0.267. The van der Waals surface area contributed by atoms with Crippen LogP contribution in [-0.4, -0.2) is 5.78 Å². The molecule has 0 aliphatic carbocycles. The smallest absolute Gasteiger partial charge is 0.129 e. The molecule has 2 aromatic carbocycles. The summed E-state index contributed by atoms with van der Waals surface area (Å²) in [6.07, 6.45) is 1.27. The molecular weight excluding hydrogens is 210 g/mol. The molecule has 0 aromatic heterocycles. The summed E-state index contributed by atoms with van der Waals surface area (Å²) in [6, 6.07) is 14.4.